The third-order valence-electron chi connectivity index (χ3n) is 3.94. The maximum absolute atomic E-state index is 13.2. The topological polar surface area (TPSA) is 80.0 Å². The highest BCUT2D eigenvalue weighted by Gasteiger charge is 2.53. The predicted octanol–water partition coefficient (Wildman–Crippen LogP) is 3.65. The highest BCUT2D eigenvalue weighted by Crippen LogP contribution is 2.34. The van der Waals surface area contributed by atoms with Gasteiger partial charge in [-0.25, -0.2) is 22.2 Å². The Kier molecular flexibility index (Phi) is 6.01. The summed E-state index contributed by atoms with van der Waals surface area (Å²) in [6, 6.07) is 5.64. The molecule has 1 atom stereocenters. The van der Waals surface area contributed by atoms with E-state index in [1.165, 1.54) is 24.4 Å². The number of amides is 1. The van der Waals surface area contributed by atoms with E-state index >= 15 is 0 Å². The fourth-order valence-electron chi connectivity index (χ4n) is 2.49. The molecule has 0 saturated carbocycles. The van der Waals surface area contributed by atoms with Crippen LogP contribution in [0.1, 0.15) is 16.9 Å². The monoisotopic (exact) mass is 454 g/mol. The fourth-order valence-corrected chi connectivity index (χ4v) is 2.95. The van der Waals surface area contributed by atoms with Gasteiger partial charge in [0.25, 0.3) is 18.8 Å². The van der Waals surface area contributed by atoms with E-state index in [1.54, 1.807) is 0 Å². The molecule has 156 valence electrons. The van der Waals surface area contributed by atoms with Crippen LogP contribution in [0.2, 0.25) is 10.0 Å². The van der Waals surface area contributed by atoms with Crippen molar-refractivity contribution in [3.05, 3.63) is 46.2 Å². The minimum Gasteiger partial charge on any atom is -0.470 e. The lowest BCUT2D eigenvalue weighted by Gasteiger charge is -2.29. The number of halogens is 6. The summed E-state index contributed by atoms with van der Waals surface area (Å²) in [5.74, 6) is -0.996. The number of rotatable bonds is 6. The van der Waals surface area contributed by atoms with Gasteiger partial charge in [0.05, 0.1) is 5.02 Å². The van der Waals surface area contributed by atoms with E-state index in [9.17, 15) is 27.5 Å². The van der Waals surface area contributed by atoms with Crippen LogP contribution in [-0.2, 0) is 6.73 Å². The van der Waals surface area contributed by atoms with E-state index in [4.69, 9.17) is 27.9 Å². The second-order valence-electron chi connectivity index (χ2n) is 5.95. The van der Waals surface area contributed by atoms with Crippen LogP contribution in [0.4, 0.5) is 17.6 Å². The fraction of sp³-hybridized carbons (Fsp3) is 0.312. The molecular formula is C16H12Cl2F4N4O3. The third-order valence-corrected chi connectivity index (χ3v) is 4.47. The largest absolute Gasteiger partial charge is 0.470 e. The summed E-state index contributed by atoms with van der Waals surface area (Å²) in [5, 5.41) is 17.6. The molecule has 2 aromatic rings. The van der Waals surface area contributed by atoms with Crippen molar-refractivity contribution in [1.29, 1.82) is 0 Å². The summed E-state index contributed by atoms with van der Waals surface area (Å²) in [5.41, 5.74) is -4.62. The van der Waals surface area contributed by atoms with Gasteiger partial charge in [-0.05, 0) is 24.3 Å². The third kappa shape index (κ3) is 4.31. The zero-order valence-electron chi connectivity index (χ0n) is 14.3. The standard InChI is InChI=1S/C16H12Cl2F4N4O3/c17-8-1-2-12(9(18)5-8)29-7-25-4-3-10(23-25)14(27)26-16(28,15(21)22)6-11(24-26)13(19)20/h1-5,13,15,28H,6-7H2/t16-/m0/s1. The zero-order valence-corrected chi connectivity index (χ0v) is 15.8. The van der Waals surface area contributed by atoms with E-state index in [2.05, 4.69) is 10.2 Å². The second kappa shape index (κ2) is 8.17. The van der Waals surface area contributed by atoms with Crippen LogP contribution in [-0.4, -0.2) is 50.1 Å². The van der Waals surface area contributed by atoms with Crippen molar-refractivity contribution in [2.24, 2.45) is 5.10 Å². The van der Waals surface area contributed by atoms with Crippen LogP contribution in [0.25, 0.3) is 0 Å². The van der Waals surface area contributed by atoms with Crippen LogP contribution >= 0.6 is 23.2 Å². The van der Waals surface area contributed by atoms with Crippen LogP contribution < -0.4 is 4.74 Å². The molecule has 0 unspecified atom stereocenters. The van der Waals surface area contributed by atoms with Gasteiger partial charge < -0.3 is 9.84 Å². The second-order valence-corrected chi connectivity index (χ2v) is 6.80. The molecule has 0 fully saturated rings. The number of nitrogens with zero attached hydrogens (tertiary/aromatic N) is 4. The van der Waals surface area contributed by atoms with Crippen molar-refractivity contribution < 1.29 is 32.2 Å². The molecule has 2 heterocycles. The lowest BCUT2D eigenvalue weighted by Crippen LogP contribution is -2.51. The molecule has 1 aliphatic heterocycles. The lowest BCUT2D eigenvalue weighted by atomic mass is 10.1. The molecular weight excluding hydrogens is 443 g/mol. The molecule has 29 heavy (non-hydrogen) atoms. The normalized spacial score (nSPS) is 19.2. The molecule has 7 nitrogen and oxygen atoms in total. The summed E-state index contributed by atoms with van der Waals surface area (Å²) in [4.78, 5) is 12.4. The Morgan fingerprint density at radius 3 is 2.62 bits per heavy atom. The van der Waals surface area contributed by atoms with Crippen LogP contribution in [0.5, 0.6) is 5.75 Å². The Balaban J connectivity index is 1.75. The molecule has 0 aliphatic carbocycles. The van der Waals surface area contributed by atoms with Crippen molar-refractivity contribution in [3.63, 3.8) is 0 Å². The van der Waals surface area contributed by atoms with Crippen molar-refractivity contribution in [1.82, 2.24) is 14.8 Å². The lowest BCUT2D eigenvalue weighted by molar-refractivity contribution is -0.164. The maximum Gasteiger partial charge on any atom is 0.297 e. The number of hydrogen-bond donors (Lipinski definition) is 1. The number of benzene rings is 1. The Hall–Kier alpha value is -2.37. The molecule has 1 aliphatic rings. The van der Waals surface area contributed by atoms with Crippen molar-refractivity contribution in [2.75, 3.05) is 0 Å². The van der Waals surface area contributed by atoms with Crippen LogP contribution in [0.15, 0.2) is 35.6 Å². The minimum atomic E-state index is -3.52. The van der Waals surface area contributed by atoms with Gasteiger partial charge >= 0.3 is 0 Å². The first-order chi connectivity index (χ1) is 13.6. The zero-order chi connectivity index (χ0) is 21.3. The van der Waals surface area contributed by atoms with Crippen molar-refractivity contribution in [3.8, 4) is 5.75 Å². The highest BCUT2D eigenvalue weighted by atomic mass is 35.5. The van der Waals surface area contributed by atoms with Gasteiger partial charge in [-0.1, -0.05) is 23.2 Å². The van der Waals surface area contributed by atoms with Gasteiger partial charge in [0, 0.05) is 17.6 Å². The molecule has 0 radical (unpaired) electrons. The Labute approximate surface area is 171 Å². The average molecular weight is 455 g/mol. The first-order valence-electron chi connectivity index (χ1n) is 7.93. The number of alkyl halides is 4. The van der Waals surface area contributed by atoms with Crippen molar-refractivity contribution >= 4 is 34.8 Å². The van der Waals surface area contributed by atoms with Crippen molar-refractivity contribution in [2.45, 2.75) is 31.7 Å². The SMILES string of the molecule is O=C(c1ccn(COc2ccc(Cl)cc2Cl)n1)N1N=C(C(F)F)C[C@]1(O)C(F)F. The summed E-state index contributed by atoms with van der Waals surface area (Å²) in [6.07, 6.45) is -6.61. The summed E-state index contributed by atoms with van der Waals surface area (Å²) in [6.45, 7) is -0.209. The van der Waals surface area contributed by atoms with Gasteiger partial charge in [-0.15, -0.1) is 0 Å². The van der Waals surface area contributed by atoms with Gasteiger partial charge in [0.15, 0.2) is 12.4 Å². The number of hydrogen-bond acceptors (Lipinski definition) is 5. The maximum atomic E-state index is 13.2. The van der Waals surface area contributed by atoms with E-state index in [1.807, 2.05) is 0 Å². The van der Waals surface area contributed by atoms with Crippen LogP contribution in [0, 0.1) is 0 Å². The van der Waals surface area contributed by atoms with Gasteiger partial charge in [-0.3, -0.25) is 4.79 Å². The quantitative estimate of drug-likeness (QED) is 0.675. The van der Waals surface area contributed by atoms with E-state index in [-0.39, 0.29) is 22.5 Å². The van der Waals surface area contributed by atoms with Gasteiger partial charge in [0.2, 0.25) is 5.72 Å². The molecule has 13 heteroatoms. The number of aromatic nitrogens is 2. The number of carbonyl (C=O) groups excluding carboxylic acids is 1. The smallest absolute Gasteiger partial charge is 0.297 e. The molecule has 0 bridgehead atoms. The summed E-state index contributed by atoms with van der Waals surface area (Å²) in [7, 11) is 0. The first kappa shape index (κ1) is 21.3. The van der Waals surface area contributed by atoms with E-state index in [0.29, 0.717) is 5.02 Å². The number of ether oxygens (including phenoxy) is 1. The van der Waals surface area contributed by atoms with Crippen LogP contribution in [0.3, 0.4) is 0 Å². The molecule has 1 aromatic carbocycles. The van der Waals surface area contributed by atoms with E-state index < -0.39 is 42.3 Å². The Morgan fingerprint density at radius 1 is 1.28 bits per heavy atom. The molecule has 0 spiro atoms. The average Bonchev–Trinajstić information content (AvgIpc) is 3.26. The summed E-state index contributed by atoms with van der Waals surface area (Å²) >= 11 is 11.7. The molecule has 1 aromatic heterocycles. The molecule has 0 saturated heterocycles. The molecule has 1 N–H and O–H groups in total. The van der Waals surface area contributed by atoms with Gasteiger partial charge in [0.1, 0.15) is 11.5 Å². The highest BCUT2D eigenvalue weighted by molar-refractivity contribution is 6.35. The number of hydrazone groups is 1. The number of aliphatic hydroxyl groups is 1. The minimum absolute atomic E-state index is 0.0667. The number of carbonyl (C=O) groups is 1. The first-order valence-corrected chi connectivity index (χ1v) is 8.69. The van der Waals surface area contributed by atoms with Gasteiger partial charge in [-0.2, -0.15) is 15.2 Å². The predicted molar refractivity (Wildman–Crippen MR) is 94.5 cm³/mol. The Bertz CT molecular complexity index is 956. The Morgan fingerprint density at radius 2 is 2.00 bits per heavy atom. The van der Waals surface area contributed by atoms with E-state index in [0.717, 1.165) is 10.7 Å². The molecule has 1 amide bonds. The summed E-state index contributed by atoms with van der Waals surface area (Å²) < 4.78 is 58.7. The molecule has 3 rings (SSSR count).